The van der Waals surface area contributed by atoms with Crippen LogP contribution in [0.4, 0.5) is 0 Å². The summed E-state index contributed by atoms with van der Waals surface area (Å²) >= 11 is 1.81. The molecule has 7 heteroatoms. The summed E-state index contributed by atoms with van der Waals surface area (Å²) in [5.74, 6) is 1.81. The van der Waals surface area contributed by atoms with Crippen molar-refractivity contribution < 1.29 is 4.42 Å². The summed E-state index contributed by atoms with van der Waals surface area (Å²) in [6, 6.07) is 70.8. The number of fused-ring (bicyclic) bond motifs is 12. The summed E-state index contributed by atoms with van der Waals surface area (Å²) in [5.41, 5.74) is 11.1. The highest BCUT2D eigenvalue weighted by molar-refractivity contribution is 7.25. The first-order chi connectivity index (χ1) is 31.7. The molecule has 6 nitrogen and oxygen atoms in total. The molecule has 0 aliphatic carbocycles. The van der Waals surface area contributed by atoms with Crippen LogP contribution in [0.2, 0.25) is 0 Å². The van der Waals surface area contributed by atoms with Gasteiger partial charge in [-0.05, 0) is 84.9 Å². The molecule has 0 saturated heterocycles. The minimum atomic E-state index is 0.593. The van der Waals surface area contributed by atoms with Crippen LogP contribution in [0.1, 0.15) is 0 Å². The van der Waals surface area contributed by atoms with Gasteiger partial charge in [0.1, 0.15) is 11.2 Å². The van der Waals surface area contributed by atoms with Crippen LogP contribution in [0.15, 0.2) is 205 Å². The lowest BCUT2D eigenvalue weighted by atomic mass is 10.0. The van der Waals surface area contributed by atoms with Gasteiger partial charge in [0.05, 0.1) is 27.8 Å². The number of hydrogen-bond donors (Lipinski definition) is 0. The number of aromatic nitrogens is 5. The van der Waals surface area contributed by atoms with Gasteiger partial charge in [0.2, 0.25) is 0 Å². The summed E-state index contributed by atoms with van der Waals surface area (Å²) in [4.78, 5) is 15.9. The maximum atomic E-state index is 6.35. The molecule has 9 aromatic carbocycles. The summed E-state index contributed by atoms with van der Waals surface area (Å²) in [6.07, 6.45) is 0. The minimum Gasteiger partial charge on any atom is -0.456 e. The van der Waals surface area contributed by atoms with E-state index in [-0.39, 0.29) is 0 Å². The van der Waals surface area contributed by atoms with Gasteiger partial charge < -0.3 is 13.6 Å². The Kier molecular flexibility index (Phi) is 7.46. The second-order valence-electron chi connectivity index (χ2n) is 16.3. The highest BCUT2D eigenvalue weighted by atomic mass is 32.1. The van der Waals surface area contributed by atoms with Gasteiger partial charge in [-0.2, -0.15) is 0 Å². The number of nitrogens with zero attached hydrogens (tertiary/aromatic N) is 5. The van der Waals surface area contributed by atoms with Crippen molar-refractivity contribution in [1.29, 1.82) is 0 Å². The number of benzene rings is 9. The Labute approximate surface area is 369 Å². The third-order valence-electron chi connectivity index (χ3n) is 12.8. The topological polar surface area (TPSA) is 61.7 Å². The zero-order chi connectivity index (χ0) is 41.9. The smallest absolute Gasteiger partial charge is 0.164 e. The van der Waals surface area contributed by atoms with Crippen molar-refractivity contribution in [1.82, 2.24) is 24.1 Å². The van der Waals surface area contributed by atoms with Crippen LogP contribution < -0.4 is 0 Å². The van der Waals surface area contributed by atoms with Crippen molar-refractivity contribution in [2.24, 2.45) is 0 Å². The lowest BCUT2D eigenvalue weighted by Crippen LogP contribution is -2.01. The van der Waals surface area contributed by atoms with Crippen molar-refractivity contribution in [2.75, 3.05) is 0 Å². The Morgan fingerprint density at radius 1 is 0.375 bits per heavy atom. The van der Waals surface area contributed by atoms with Crippen LogP contribution in [-0.4, -0.2) is 24.1 Å². The summed E-state index contributed by atoms with van der Waals surface area (Å²) in [6.45, 7) is 0. The van der Waals surface area contributed by atoms with Gasteiger partial charge >= 0.3 is 0 Å². The molecule has 14 aromatic rings. The van der Waals surface area contributed by atoms with Crippen LogP contribution >= 0.6 is 11.3 Å². The fraction of sp³-hybridized carbons (Fsp3) is 0. The zero-order valence-electron chi connectivity index (χ0n) is 34.1. The minimum absolute atomic E-state index is 0.593. The van der Waals surface area contributed by atoms with Gasteiger partial charge in [-0.25, -0.2) is 15.0 Å². The van der Waals surface area contributed by atoms with E-state index in [2.05, 4.69) is 179 Å². The second kappa shape index (κ2) is 13.6. The fourth-order valence-corrected chi connectivity index (χ4v) is 11.1. The average Bonchev–Trinajstić information content (AvgIpc) is 4.11. The predicted octanol–water partition coefficient (Wildman–Crippen LogP) is 15.3. The van der Waals surface area contributed by atoms with Crippen LogP contribution in [0.5, 0.6) is 0 Å². The Bertz CT molecular complexity index is 4210. The molecular formula is C57H33N5OS. The van der Waals surface area contributed by atoms with E-state index < -0.39 is 0 Å². The van der Waals surface area contributed by atoms with Crippen molar-refractivity contribution >= 4 is 97.1 Å². The van der Waals surface area contributed by atoms with Crippen molar-refractivity contribution in [3.8, 4) is 45.5 Å². The Balaban J connectivity index is 1.02. The summed E-state index contributed by atoms with van der Waals surface area (Å²) < 4.78 is 13.7. The van der Waals surface area contributed by atoms with E-state index in [1.807, 2.05) is 30.3 Å². The predicted molar refractivity (Wildman–Crippen MR) is 265 cm³/mol. The van der Waals surface area contributed by atoms with Crippen molar-refractivity contribution in [3.05, 3.63) is 200 Å². The van der Waals surface area contributed by atoms with E-state index in [1.54, 1.807) is 11.3 Å². The lowest BCUT2D eigenvalue weighted by molar-refractivity contribution is 0.669. The molecule has 5 aromatic heterocycles. The molecule has 64 heavy (non-hydrogen) atoms. The molecular weight excluding hydrogens is 803 g/mol. The van der Waals surface area contributed by atoms with E-state index >= 15 is 0 Å². The standard InChI is InChI=1S/C57H33N5OS/c1-2-14-36(15-3-1)61-45-22-8-4-16-37(45)40-20-12-24-48(54(40)61)62-46-23-9-5-17-38(46)43-32-34(28-30-47(43)62)55-58-56(35-29-31-52-44(33-35)39-18-7-11-27-51(39)64-52)60-57(59-55)42-21-13-26-50-53(42)41-19-6-10-25-49(41)63-50/h1-33H. The number of thiophene rings is 1. The second-order valence-corrected chi connectivity index (χ2v) is 17.4. The number of para-hydroxylation sites is 5. The molecule has 0 atom stereocenters. The van der Waals surface area contributed by atoms with E-state index in [4.69, 9.17) is 19.4 Å². The fourth-order valence-electron chi connectivity index (χ4n) is 9.98. The highest BCUT2D eigenvalue weighted by Crippen LogP contribution is 2.42. The van der Waals surface area contributed by atoms with Crippen LogP contribution in [-0.2, 0) is 0 Å². The molecule has 298 valence electrons. The SMILES string of the molecule is c1ccc(-n2c3ccccc3c3cccc(-n4c5ccccc5c5cc(-c6nc(-c7ccc8sc9ccccc9c8c7)nc(-c7cccc8oc9ccccc9c78)n6)ccc54)c32)cc1. The first-order valence-corrected chi connectivity index (χ1v) is 22.3. The third-order valence-corrected chi connectivity index (χ3v) is 13.9. The average molecular weight is 836 g/mol. The normalized spacial score (nSPS) is 12.1. The molecule has 5 heterocycles. The van der Waals surface area contributed by atoms with Gasteiger partial charge in [0.25, 0.3) is 0 Å². The molecule has 14 rings (SSSR count). The molecule has 0 aliphatic rings. The van der Waals surface area contributed by atoms with Gasteiger partial charge in [0, 0.05) is 74.9 Å². The lowest BCUT2D eigenvalue weighted by Gasteiger charge is -2.14. The molecule has 0 aliphatic heterocycles. The largest absolute Gasteiger partial charge is 0.456 e. The van der Waals surface area contributed by atoms with Crippen LogP contribution in [0.3, 0.4) is 0 Å². The van der Waals surface area contributed by atoms with Crippen LogP contribution in [0, 0.1) is 0 Å². The summed E-state index contributed by atoms with van der Waals surface area (Å²) in [7, 11) is 0. The van der Waals surface area contributed by atoms with Gasteiger partial charge in [-0.3, -0.25) is 0 Å². The van der Waals surface area contributed by atoms with E-state index in [1.165, 1.54) is 36.5 Å². The molecule has 0 unspecified atom stereocenters. The van der Waals surface area contributed by atoms with Gasteiger partial charge in [-0.1, -0.05) is 115 Å². The Morgan fingerprint density at radius 2 is 0.953 bits per heavy atom. The maximum absolute atomic E-state index is 6.35. The zero-order valence-corrected chi connectivity index (χ0v) is 34.9. The number of rotatable bonds is 5. The maximum Gasteiger partial charge on any atom is 0.164 e. The molecule has 0 bridgehead atoms. The van der Waals surface area contributed by atoms with Gasteiger partial charge in [-0.15, -0.1) is 11.3 Å². The third kappa shape index (κ3) is 5.16. The van der Waals surface area contributed by atoms with E-state index in [0.717, 1.165) is 77.3 Å². The van der Waals surface area contributed by atoms with Crippen molar-refractivity contribution in [3.63, 3.8) is 0 Å². The highest BCUT2D eigenvalue weighted by Gasteiger charge is 2.22. The molecule has 0 fully saturated rings. The monoisotopic (exact) mass is 835 g/mol. The first kappa shape index (κ1) is 35.2. The molecule has 0 radical (unpaired) electrons. The molecule has 0 amide bonds. The van der Waals surface area contributed by atoms with E-state index in [9.17, 15) is 0 Å². The quantitative estimate of drug-likeness (QED) is 0.173. The molecule has 0 saturated carbocycles. The molecule has 0 N–H and O–H groups in total. The van der Waals surface area contributed by atoms with E-state index in [0.29, 0.717) is 17.5 Å². The first-order valence-electron chi connectivity index (χ1n) is 21.4. The molecule has 0 spiro atoms. The Hall–Kier alpha value is -8.39. The van der Waals surface area contributed by atoms with Crippen molar-refractivity contribution in [2.45, 2.75) is 0 Å². The van der Waals surface area contributed by atoms with Crippen LogP contribution in [0.25, 0.3) is 131 Å². The number of furan rings is 1. The Morgan fingerprint density at radius 3 is 1.78 bits per heavy atom. The van der Waals surface area contributed by atoms with Gasteiger partial charge in [0.15, 0.2) is 17.5 Å². The summed E-state index contributed by atoms with van der Waals surface area (Å²) in [5, 5.41) is 9.13. The number of hydrogen-bond acceptors (Lipinski definition) is 5.